The first-order valence-corrected chi connectivity index (χ1v) is 7.89. The van der Waals surface area contributed by atoms with Gasteiger partial charge in [-0.25, -0.2) is 0 Å². The summed E-state index contributed by atoms with van der Waals surface area (Å²) in [5.74, 6) is 1.26. The lowest BCUT2D eigenvalue weighted by atomic mass is 10.0. The third-order valence-electron chi connectivity index (χ3n) is 2.97. The Kier molecular flexibility index (Phi) is 7.38. The molecule has 1 nitrogen and oxygen atoms in total. The molecule has 0 bridgehead atoms. The van der Waals surface area contributed by atoms with Gasteiger partial charge in [0.1, 0.15) is 0 Å². The van der Waals surface area contributed by atoms with Gasteiger partial charge in [0.15, 0.2) is 0 Å². The number of hydrogen-bond donors (Lipinski definition) is 1. The van der Waals surface area contributed by atoms with Crippen LogP contribution in [0, 0.1) is 6.92 Å². The van der Waals surface area contributed by atoms with Crippen molar-refractivity contribution in [2.75, 3.05) is 18.6 Å². The summed E-state index contributed by atoms with van der Waals surface area (Å²) in [6, 6.07) is 9.46. The molecule has 17 heavy (non-hydrogen) atoms. The van der Waals surface area contributed by atoms with E-state index in [1.54, 1.807) is 0 Å². The van der Waals surface area contributed by atoms with Crippen LogP contribution < -0.4 is 5.32 Å². The van der Waals surface area contributed by atoms with Crippen molar-refractivity contribution in [3.05, 3.63) is 35.4 Å². The molecule has 1 unspecified atom stereocenters. The van der Waals surface area contributed by atoms with Gasteiger partial charge in [-0.1, -0.05) is 29.8 Å². The standard InChI is InChI=1S/C15H25NS/c1-13-6-4-7-15(12-13)9-8-14(2)16-10-5-11-17-3/h4,6-7,12,14,16H,5,8-11H2,1-3H3. The Hall–Kier alpha value is -0.470. The predicted octanol–water partition coefficient (Wildman–Crippen LogP) is 3.66. The van der Waals surface area contributed by atoms with Crippen molar-refractivity contribution >= 4 is 11.8 Å². The maximum Gasteiger partial charge on any atom is 0.00418 e. The molecule has 0 saturated heterocycles. The maximum atomic E-state index is 3.59. The molecule has 1 aromatic carbocycles. The van der Waals surface area contributed by atoms with Gasteiger partial charge < -0.3 is 5.32 Å². The van der Waals surface area contributed by atoms with Gasteiger partial charge in [-0.15, -0.1) is 0 Å². The zero-order valence-electron chi connectivity index (χ0n) is 11.3. The van der Waals surface area contributed by atoms with Crippen LogP contribution in [-0.2, 0) is 6.42 Å². The lowest BCUT2D eigenvalue weighted by molar-refractivity contribution is 0.515. The second kappa shape index (κ2) is 8.60. The average Bonchev–Trinajstić information content (AvgIpc) is 2.32. The van der Waals surface area contributed by atoms with Crippen LogP contribution in [0.3, 0.4) is 0 Å². The molecular weight excluding hydrogens is 226 g/mol. The predicted molar refractivity (Wildman–Crippen MR) is 80.0 cm³/mol. The van der Waals surface area contributed by atoms with Crippen LogP contribution in [0.1, 0.15) is 30.9 Å². The lowest BCUT2D eigenvalue weighted by Gasteiger charge is -2.13. The van der Waals surface area contributed by atoms with E-state index in [9.17, 15) is 0 Å². The molecule has 0 amide bonds. The average molecular weight is 251 g/mol. The first kappa shape index (κ1) is 14.6. The van der Waals surface area contributed by atoms with Gasteiger partial charge >= 0.3 is 0 Å². The van der Waals surface area contributed by atoms with E-state index in [-0.39, 0.29) is 0 Å². The Morgan fingerprint density at radius 2 is 2.18 bits per heavy atom. The van der Waals surface area contributed by atoms with Gasteiger partial charge in [0.25, 0.3) is 0 Å². The zero-order valence-corrected chi connectivity index (χ0v) is 12.1. The number of aryl methyl sites for hydroxylation is 2. The second-order valence-corrected chi connectivity index (χ2v) is 5.71. The fourth-order valence-corrected chi connectivity index (χ4v) is 2.35. The van der Waals surface area contributed by atoms with Crippen molar-refractivity contribution in [2.24, 2.45) is 0 Å². The summed E-state index contributed by atoms with van der Waals surface area (Å²) >= 11 is 1.93. The van der Waals surface area contributed by atoms with Crippen molar-refractivity contribution in [3.63, 3.8) is 0 Å². The molecule has 1 rings (SSSR count). The van der Waals surface area contributed by atoms with Crippen LogP contribution in [-0.4, -0.2) is 24.6 Å². The van der Waals surface area contributed by atoms with Crippen molar-refractivity contribution in [1.82, 2.24) is 5.32 Å². The molecular formula is C15H25NS. The molecule has 0 heterocycles. The number of hydrogen-bond acceptors (Lipinski definition) is 2. The normalized spacial score (nSPS) is 12.6. The molecule has 0 aliphatic carbocycles. The smallest absolute Gasteiger partial charge is 0.00418 e. The Labute approximate surface area is 110 Å². The molecule has 0 fully saturated rings. The molecule has 0 saturated carbocycles. The molecule has 1 atom stereocenters. The van der Waals surface area contributed by atoms with Crippen molar-refractivity contribution < 1.29 is 0 Å². The van der Waals surface area contributed by atoms with Gasteiger partial charge in [0.2, 0.25) is 0 Å². The highest BCUT2D eigenvalue weighted by molar-refractivity contribution is 7.98. The Morgan fingerprint density at radius 3 is 2.88 bits per heavy atom. The van der Waals surface area contributed by atoms with E-state index in [0.29, 0.717) is 6.04 Å². The first-order chi connectivity index (χ1) is 8.22. The molecule has 96 valence electrons. The summed E-state index contributed by atoms with van der Waals surface area (Å²) in [6.07, 6.45) is 5.85. The summed E-state index contributed by atoms with van der Waals surface area (Å²) < 4.78 is 0. The van der Waals surface area contributed by atoms with E-state index in [0.717, 1.165) is 6.54 Å². The van der Waals surface area contributed by atoms with Gasteiger partial charge in [0, 0.05) is 6.04 Å². The molecule has 0 radical (unpaired) electrons. The first-order valence-electron chi connectivity index (χ1n) is 6.50. The Morgan fingerprint density at radius 1 is 1.35 bits per heavy atom. The van der Waals surface area contributed by atoms with E-state index in [4.69, 9.17) is 0 Å². The number of thioether (sulfide) groups is 1. The SMILES string of the molecule is CSCCCNC(C)CCc1cccc(C)c1. The van der Waals surface area contributed by atoms with Crippen LogP contribution in [0.25, 0.3) is 0 Å². The van der Waals surface area contributed by atoms with E-state index < -0.39 is 0 Å². The number of nitrogens with one attached hydrogen (secondary N) is 1. The molecule has 1 N–H and O–H groups in total. The monoisotopic (exact) mass is 251 g/mol. The fourth-order valence-electron chi connectivity index (χ4n) is 1.92. The van der Waals surface area contributed by atoms with Crippen LogP contribution in [0.2, 0.25) is 0 Å². The molecule has 0 aliphatic heterocycles. The summed E-state index contributed by atoms with van der Waals surface area (Å²) in [4.78, 5) is 0. The van der Waals surface area contributed by atoms with Crippen LogP contribution in [0.15, 0.2) is 24.3 Å². The third-order valence-corrected chi connectivity index (χ3v) is 3.66. The number of rotatable bonds is 8. The molecule has 0 aromatic heterocycles. The highest BCUT2D eigenvalue weighted by atomic mass is 32.2. The van der Waals surface area contributed by atoms with Gasteiger partial charge in [-0.3, -0.25) is 0 Å². The van der Waals surface area contributed by atoms with Crippen molar-refractivity contribution in [1.29, 1.82) is 0 Å². The zero-order chi connectivity index (χ0) is 12.5. The van der Waals surface area contributed by atoms with Gasteiger partial charge in [-0.2, -0.15) is 11.8 Å². The molecule has 0 spiro atoms. The summed E-state index contributed by atoms with van der Waals surface area (Å²) in [7, 11) is 0. The largest absolute Gasteiger partial charge is 0.314 e. The van der Waals surface area contributed by atoms with Crippen LogP contribution in [0.4, 0.5) is 0 Å². The minimum absolute atomic E-state index is 0.623. The minimum Gasteiger partial charge on any atom is -0.314 e. The van der Waals surface area contributed by atoms with Crippen molar-refractivity contribution in [3.8, 4) is 0 Å². The molecule has 1 aromatic rings. The van der Waals surface area contributed by atoms with Gasteiger partial charge in [-0.05, 0) is 57.2 Å². The van der Waals surface area contributed by atoms with E-state index in [1.807, 2.05) is 11.8 Å². The van der Waals surface area contributed by atoms with E-state index in [2.05, 4.69) is 49.7 Å². The summed E-state index contributed by atoms with van der Waals surface area (Å²) in [5.41, 5.74) is 2.82. The fraction of sp³-hybridized carbons (Fsp3) is 0.600. The van der Waals surface area contributed by atoms with Gasteiger partial charge in [0.05, 0.1) is 0 Å². The highest BCUT2D eigenvalue weighted by Crippen LogP contribution is 2.08. The van der Waals surface area contributed by atoms with E-state index in [1.165, 1.54) is 36.1 Å². The van der Waals surface area contributed by atoms with Crippen LogP contribution in [0.5, 0.6) is 0 Å². The Bertz CT molecular complexity index is 312. The molecule has 2 heteroatoms. The molecule has 0 aliphatic rings. The maximum absolute atomic E-state index is 3.59. The Balaban J connectivity index is 2.17. The second-order valence-electron chi connectivity index (χ2n) is 4.73. The van der Waals surface area contributed by atoms with Crippen LogP contribution >= 0.6 is 11.8 Å². The quantitative estimate of drug-likeness (QED) is 0.708. The summed E-state index contributed by atoms with van der Waals surface area (Å²) in [6.45, 7) is 5.60. The highest BCUT2D eigenvalue weighted by Gasteiger charge is 2.01. The summed E-state index contributed by atoms with van der Waals surface area (Å²) in [5, 5.41) is 3.59. The van der Waals surface area contributed by atoms with Crippen molar-refractivity contribution in [2.45, 2.75) is 39.2 Å². The lowest BCUT2D eigenvalue weighted by Crippen LogP contribution is -2.27. The third kappa shape index (κ3) is 6.75. The number of benzene rings is 1. The van der Waals surface area contributed by atoms with E-state index >= 15 is 0 Å². The topological polar surface area (TPSA) is 12.0 Å². The minimum atomic E-state index is 0.623.